The van der Waals surface area contributed by atoms with Gasteiger partial charge < -0.3 is 15.5 Å². The molecule has 5 fully saturated rings. The number of carbonyl (C=O) groups is 1. The second kappa shape index (κ2) is 4.11. The summed E-state index contributed by atoms with van der Waals surface area (Å²) in [5.41, 5.74) is 0.203. The highest BCUT2D eigenvalue weighted by molar-refractivity contribution is 5.76. The fourth-order valence-corrected chi connectivity index (χ4v) is 5.67. The highest BCUT2D eigenvalue weighted by Gasteiger charge is 2.55. The third-order valence-corrected chi connectivity index (χ3v) is 6.13. The molecule has 2 amide bonds. The molecule has 2 N–H and O–H groups in total. The SMILES string of the molecule is CNC1CNC(=O)N(C23CC4CC(CC(C4)C2)C3)C1. The summed E-state index contributed by atoms with van der Waals surface area (Å²) in [5.74, 6) is 2.69. The minimum absolute atomic E-state index is 0.188. The molecule has 5 aliphatic rings. The summed E-state index contributed by atoms with van der Waals surface area (Å²) in [6.45, 7) is 1.67. The van der Waals surface area contributed by atoms with Crippen LogP contribution >= 0.6 is 0 Å². The van der Waals surface area contributed by atoms with Crippen LogP contribution in [0.5, 0.6) is 0 Å². The van der Waals surface area contributed by atoms with Gasteiger partial charge in [0.2, 0.25) is 0 Å². The molecule has 0 aromatic heterocycles. The Morgan fingerprint density at radius 3 is 2.26 bits per heavy atom. The second-order valence-corrected chi connectivity index (χ2v) is 7.42. The molecule has 0 spiro atoms. The van der Waals surface area contributed by atoms with Gasteiger partial charge in [0.15, 0.2) is 0 Å². The van der Waals surface area contributed by atoms with Gasteiger partial charge in [-0.1, -0.05) is 0 Å². The summed E-state index contributed by atoms with van der Waals surface area (Å²) in [4.78, 5) is 14.6. The molecule has 0 radical (unpaired) electrons. The first-order valence-corrected chi connectivity index (χ1v) is 7.91. The van der Waals surface area contributed by atoms with Crippen molar-refractivity contribution in [2.75, 3.05) is 20.1 Å². The number of hydrogen-bond acceptors (Lipinski definition) is 2. The van der Waals surface area contributed by atoms with Crippen LogP contribution in [0.15, 0.2) is 0 Å². The van der Waals surface area contributed by atoms with Crippen molar-refractivity contribution in [2.45, 2.75) is 50.1 Å². The van der Waals surface area contributed by atoms with Crippen molar-refractivity contribution in [3.05, 3.63) is 0 Å². The van der Waals surface area contributed by atoms with Gasteiger partial charge in [-0.25, -0.2) is 4.79 Å². The van der Waals surface area contributed by atoms with Gasteiger partial charge in [-0.15, -0.1) is 0 Å². The largest absolute Gasteiger partial charge is 0.336 e. The predicted octanol–water partition coefficient (Wildman–Crippen LogP) is 1.57. The summed E-state index contributed by atoms with van der Waals surface area (Å²) in [6.07, 6.45) is 8.10. The van der Waals surface area contributed by atoms with Crippen molar-refractivity contribution in [1.82, 2.24) is 15.5 Å². The molecule has 4 nitrogen and oxygen atoms in total. The van der Waals surface area contributed by atoms with Crippen LogP contribution in [0, 0.1) is 17.8 Å². The van der Waals surface area contributed by atoms with E-state index in [0.717, 1.165) is 30.8 Å². The predicted molar refractivity (Wildman–Crippen MR) is 73.9 cm³/mol. The molecule has 1 atom stereocenters. The average molecular weight is 263 g/mol. The quantitative estimate of drug-likeness (QED) is 0.794. The van der Waals surface area contributed by atoms with E-state index in [0.29, 0.717) is 6.04 Å². The number of nitrogens with one attached hydrogen (secondary N) is 2. The Morgan fingerprint density at radius 1 is 1.16 bits per heavy atom. The van der Waals surface area contributed by atoms with Crippen LogP contribution in [0.2, 0.25) is 0 Å². The zero-order chi connectivity index (χ0) is 13.0. The molecular weight excluding hydrogens is 238 g/mol. The molecular formula is C15H25N3O. The molecule has 1 unspecified atom stereocenters. The fourth-order valence-electron chi connectivity index (χ4n) is 5.67. The van der Waals surface area contributed by atoms with Crippen LogP contribution in [0.1, 0.15) is 38.5 Å². The first-order valence-electron chi connectivity index (χ1n) is 7.91. The number of nitrogens with zero attached hydrogens (tertiary/aromatic N) is 1. The van der Waals surface area contributed by atoms with Crippen LogP contribution in [-0.4, -0.2) is 42.6 Å². The van der Waals surface area contributed by atoms with Gasteiger partial charge in [0.1, 0.15) is 0 Å². The van der Waals surface area contributed by atoms with Crippen LogP contribution < -0.4 is 10.6 Å². The van der Waals surface area contributed by atoms with E-state index >= 15 is 0 Å². The summed E-state index contributed by atoms with van der Waals surface area (Å²) in [7, 11) is 2.00. The molecule has 19 heavy (non-hydrogen) atoms. The third kappa shape index (κ3) is 1.79. The van der Waals surface area contributed by atoms with Crippen LogP contribution in [0.25, 0.3) is 0 Å². The Hall–Kier alpha value is -0.770. The number of likely N-dealkylation sites (N-methyl/N-ethyl adjacent to an activating group) is 1. The molecule has 4 heteroatoms. The van der Waals surface area contributed by atoms with Gasteiger partial charge in [-0.05, 0) is 63.3 Å². The molecule has 4 bridgehead atoms. The summed E-state index contributed by atoms with van der Waals surface area (Å²) >= 11 is 0. The highest BCUT2D eigenvalue weighted by Crippen LogP contribution is 2.57. The van der Waals surface area contributed by atoms with E-state index < -0.39 is 0 Å². The van der Waals surface area contributed by atoms with Crippen molar-refractivity contribution in [3.63, 3.8) is 0 Å². The molecule has 1 saturated heterocycles. The van der Waals surface area contributed by atoms with Crippen LogP contribution in [0.3, 0.4) is 0 Å². The number of amides is 2. The molecule has 1 aliphatic heterocycles. The minimum Gasteiger partial charge on any atom is -0.336 e. The van der Waals surface area contributed by atoms with E-state index in [1.165, 1.54) is 38.5 Å². The number of urea groups is 1. The molecule has 0 aromatic carbocycles. The zero-order valence-corrected chi connectivity index (χ0v) is 11.8. The Morgan fingerprint density at radius 2 is 1.74 bits per heavy atom. The van der Waals surface area contributed by atoms with Crippen molar-refractivity contribution >= 4 is 6.03 Å². The maximum Gasteiger partial charge on any atom is 0.317 e. The average Bonchev–Trinajstić information content (AvgIpc) is 2.37. The van der Waals surface area contributed by atoms with Gasteiger partial charge in [-0.3, -0.25) is 0 Å². The number of carbonyl (C=O) groups excluding carboxylic acids is 1. The van der Waals surface area contributed by atoms with Gasteiger partial charge in [0.05, 0.1) is 0 Å². The van der Waals surface area contributed by atoms with Crippen molar-refractivity contribution in [1.29, 1.82) is 0 Å². The second-order valence-electron chi connectivity index (χ2n) is 7.42. The van der Waals surface area contributed by atoms with Gasteiger partial charge in [0, 0.05) is 24.7 Å². The Balaban J connectivity index is 1.61. The molecule has 106 valence electrons. The topological polar surface area (TPSA) is 44.4 Å². The van der Waals surface area contributed by atoms with E-state index in [4.69, 9.17) is 0 Å². The maximum absolute atomic E-state index is 12.4. The normalized spacial score (nSPS) is 48.5. The van der Waals surface area contributed by atoms with E-state index in [1.807, 2.05) is 7.05 Å². The van der Waals surface area contributed by atoms with Crippen molar-refractivity contribution in [3.8, 4) is 0 Å². The lowest BCUT2D eigenvalue weighted by molar-refractivity contribution is -0.0754. The molecule has 5 rings (SSSR count). The van der Waals surface area contributed by atoms with Gasteiger partial charge >= 0.3 is 6.03 Å². The number of rotatable bonds is 2. The van der Waals surface area contributed by atoms with E-state index in [1.54, 1.807) is 0 Å². The smallest absolute Gasteiger partial charge is 0.317 e. The monoisotopic (exact) mass is 263 g/mol. The lowest BCUT2D eigenvalue weighted by atomic mass is 9.52. The number of hydrogen-bond donors (Lipinski definition) is 2. The Kier molecular flexibility index (Phi) is 2.60. The van der Waals surface area contributed by atoms with Crippen LogP contribution in [-0.2, 0) is 0 Å². The van der Waals surface area contributed by atoms with Crippen molar-refractivity contribution < 1.29 is 4.79 Å². The minimum atomic E-state index is 0.188. The molecule has 1 heterocycles. The van der Waals surface area contributed by atoms with E-state index in [9.17, 15) is 4.79 Å². The lowest BCUT2D eigenvalue weighted by Crippen LogP contribution is -2.68. The maximum atomic E-state index is 12.4. The zero-order valence-electron chi connectivity index (χ0n) is 11.8. The standard InChI is InChI=1S/C15H25N3O/c1-16-13-8-17-14(19)18(9-13)15-5-10-2-11(6-15)4-12(3-10)7-15/h10-13,16H,2-9H2,1H3,(H,17,19). The fraction of sp³-hybridized carbons (Fsp3) is 0.933. The first kappa shape index (κ1) is 12.0. The van der Waals surface area contributed by atoms with Gasteiger partial charge in [-0.2, -0.15) is 0 Å². The third-order valence-electron chi connectivity index (χ3n) is 6.13. The summed E-state index contributed by atoms with van der Waals surface area (Å²) in [5, 5.41) is 6.41. The molecule has 4 aliphatic carbocycles. The summed E-state index contributed by atoms with van der Waals surface area (Å²) in [6, 6.07) is 0.596. The van der Waals surface area contributed by atoms with Crippen molar-refractivity contribution in [2.24, 2.45) is 17.8 Å². The Labute approximate surface area is 115 Å². The first-order chi connectivity index (χ1) is 9.18. The van der Waals surface area contributed by atoms with E-state index in [2.05, 4.69) is 15.5 Å². The lowest BCUT2D eigenvalue weighted by Gasteiger charge is -2.61. The van der Waals surface area contributed by atoms with Gasteiger partial charge in [0.25, 0.3) is 0 Å². The molecule has 0 aromatic rings. The molecule has 4 saturated carbocycles. The highest BCUT2D eigenvalue weighted by atomic mass is 16.2. The summed E-state index contributed by atoms with van der Waals surface area (Å²) < 4.78 is 0. The van der Waals surface area contributed by atoms with Crippen LogP contribution in [0.4, 0.5) is 4.79 Å². The van der Waals surface area contributed by atoms with E-state index in [-0.39, 0.29) is 11.6 Å². The Bertz CT molecular complexity index is 360.